The molecule has 0 unspecified atom stereocenters. The molecule has 1 heterocycles. The van der Waals surface area contributed by atoms with E-state index in [9.17, 15) is 4.79 Å². The zero-order valence-corrected chi connectivity index (χ0v) is 9.41. The van der Waals surface area contributed by atoms with Crippen LogP contribution in [0.25, 0.3) is 0 Å². The van der Waals surface area contributed by atoms with Crippen molar-refractivity contribution < 1.29 is 4.79 Å². The van der Waals surface area contributed by atoms with Crippen LogP contribution in [0.4, 0.5) is 0 Å². The normalized spacial score (nSPS) is 18.2. The third-order valence-corrected chi connectivity index (χ3v) is 2.53. The molecule has 0 saturated carbocycles. The standard InChI is InChI=1S/C13H19NO/c1-3-8-12(9-4-2)13(15)14-10-6-5-7-11-14/h3-4,8-9H,1,5-7,10-11H2,2H3/b9-4-,12-8+. The molecule has 0 aromatic rings. The molecular weight excluding hydrogens is 186 g/mol. The number of hydrogen-bond donors (Lipinski definition) is 0. The van der Waals surface area contributed by atoms with E-state index in [1.165, 1.54) is 6.42 Å². The summed E-state index contributed by atoms with van der Waals surface area (Å²) in [5.41, 5.74) is 0.731. The minimum absolute atomic E-state index is 0.132. The fraction of sp³-hybridized carbons (Fsp3) is 0.462. The second kappa shape index (κ2) is 6.23. The van der Waals surface area contributed by atoms with E-state index in [0.29, 0.717) is 0 Å². The van der Waals surface area contributed by atoms with Gasteiger partial charge in [-0.1, -0.05) is 30.9 Å². The zero-order valence-electron chi connectivity index (χ0n) is 9.41. The first-order chi connectivity index (χ1) is 7.29. The highest BCUT2D eigenvalue weighted by Gasteiger charge is 2.17. The van der Waals surface area contributed by atoms with Gasteiger partial charge < -0.3 is 4.90 Å². The van der Waals surface area contributed by atoms with Crippen molar-refractivity contribution in [2.24, 2.45) is 0 Å². The van der Waals surface area contributed by atoms with Crippen molar-refractivity contribution in [3.05, 3.63) is 36.5 Å². The number of carbonyl (C=O) groups is 1. The fourth-order valence-corrected chi connectivity index (χ4v) is 1.78. The van der Waals surface area contributed by atoms with E-state index >= 15 is 0 Å². The summed E-state index contributed by atoms with van der Waals surface area (Å²) in [5, 5.41) is 0. The highest BCUT2D eigenvalue weighted by atomic mass is 16.2. The summed E-state index contributed by atoms with van der Waals surface area (Å²) in [5.74, 6) is 0.132. The molecule has 1 amide bonds. The maximum Gasteiger partial charge on any atom is 0.253 e. The largest absolute Gasteiger partial charge is 0.339 e. The number of likely N-dealkylation sites (tertiary alicyclic amines) is 1. The molecule has 0 aromatic carbocycles. The molecule has 0 aromatic heterocycles. The second-order valence-corrected chi connectivity index (χ2v) is 3.71. The molecule has 2 heteroatoms. The van der Waals surface area contributed by atoms with Crippen LogP contribution in [-0.2, 0) is 4.79 Å². The van der Waals surface area contributed by atoms with Crippen molar-refractivity contribution in [2.45, 2.75) is 26.2 Å². The molecule has 15 heavy (non-hydrogen) atoms. The van der Waals surface area contributed by atoms with Crippen LogP contribution in [0.3, 0.4) is 0 Å². The molecule has 1 rings (SSSR count). The van der Waals surface area contributed by atoms with Crippen LogP contribution in [0.5, 0.6) is 0 Å². The van der Waals surface area contributed by atoms with E-state index in [0.717, 1.165) is 31.5 Å². The van der Waals surface area contributed by atoms with Crippen molar-refractivity contribution in [1.82, 2.24) is 4.90 Å². The van der Waals surface area contributed by atoms with Gasteiger partial charge in [0.15, 0.2) is 0 Å². The average Bonchev–Trinajstić information content (AvgIpc) is 2.29. The van der Waals surface area contributed by atoms with Crippen LogP contribution in [0, 0.1) is 0 Å². The van der Waals surface area contributed by atoms with Crippen LogP contribution in [0.1, 0.15) is 26.2 Å². The van der Waals surface area contributed by atoms with Crippen LogP contribution >= 0.6 is 0 Å². The van der Waals surface area contributed by atoms with Gasteiger partial charge in [-0.3, -0.25) is 4.79 Å². The Morgan fingerprint density at radius 3 is 2.47 bits per heavy atom. The van der Waals surface area contributed by atoms with E-state index in [2.05, 4.69) is 6.58 Å². The molecule has 0 atom stereocenters. The minimum Gasteiger partial charge on any atom is -0.339 e. The van der Waals surface area contributed by atoms with Gasteiger partial charge in [-0.25, -0.2) is 0 Å². The predicted octanol–water partition coefficient (Wildman–Crippen LogP) is 2.69. The lowest BCUT2D eigenvalue weighted by atomic mass is 10.1. The Morgan fingerprint density at radius 1 is 1.27 bits per heavy atom. The first kappa shape index (κ1) is 11.8. The summed E-state index contributed by atoms with van der Waals surface area (Å²) in [7, 11) is 0. The van der Waals surface area contributed by atoms with Gasteiger partial charge in [0.05, 0.1) is 0 Å². The Morgan fingerprint density at radius 2 is 1.93 bits per heavy atom. The van der Waals surface area contributed by atoms with Crippen LogP contribution in [-0.4, -0.2) is 23.9 Å². The summed E-state index contributed by atoms with van der Waals surface area (Å²) in [6, 6.07) is 0. The third-order valence-electron chi connectivity index (χ3n) is 2.53. The third kappa shape index (κ3) is 3.39. The highest BCUT2D eigenvalue weighted by Crippen LogP contribution is 2.12. The van der Waals surface area contributed by atoms with E-state index in [1.54, 1.807) is 12.2 Å². The predicted molar refractivity (Wildman–Crippen MR) is 63.5 cm³/mol. The first-order valence-corrected chi connectivity index (χ1v) is 5.54. The Bertz CT molecular complexity index is 283. The lowest BCUT2D eigenvalue weighted by molar-refractivity contribution is -0.127. The molecule has 1 aliphatic heterocycles. The number of nitrogens with zero attached hydrogens (tertiary/aromatic N) is 1. The molecule has 0 spiro atoms. The average molecular weight is 205 g/mol. The number of piperidine rings is 1. The monoisotopic (exact) mass is 205 g/mol. The van der Waals surface area contributed by atoms with Gasteiger partial charge in [0, 0.05) is 18.7 Å². The van der Waals surface area contributed by atoms with Gasteiger partial charge in [-0.2, -0.15) is 0 Å². The minimum atomic E-state index is 0.132. The number of amides is 1. The van der Waals surface area contributed by atoms with E-state index in [1.807, 2.05) is 24.0 Å². The lowest BCUT2D eigenvalue weighted by Gasteiger charge is -2.27. The molecular formula is C13H19NO. The topological polar surface area (TPSA) is 20.3 Å². The second-order valence-electron chi connectivity index (χ2n) is 3.71. The maximum absolute atomic E-state index is 12.0. The van der Waals surface area contributed by atoms with E-state index < -0.39 is 0 Å². The molecule has 1 aliphatic rings. The quantitative estimate of drug-likeness (QED) is 0.512. The van der Waals surface area contributed by atoms with Crippen molar-refractivity contribution in [3.8, 4) is 0 Å². The zero-order chi connectivity index (χ0) is 11.1. The summed E-state index contributed by atoms with van der Waals surface area (Å²) >= 11 is 0. The fourth-order valence-electron chi connectivity index (χ4n) is 1.78. The van der Waals surface area contributed by atoms with Gasteiger partial charge in [-0.15, -0.1) is 0 Å². The van der Waals surface area contributed by atoms with E-state index in [-0.39, 0.29) is 5.91 Å². The van der Waals surface area contributed by atoms with Crippen molar-refractivity contribution in [2.75, 3.05) is 13.1 Å². The summed E-state index contributed by atoms with van der Waals surface area (Å²) in [4.78, 5) is 14.0. The van der Waals surface area contributed by atoms with E-state index in [4.69, 9.17) is 0 Å². The van der Waals surface area contributed by atoms with Gasteiger partial charge >= 0.3 is 0 Å². The molecule has 0 radical (unpaired) electrons. The van der Waals surface area contributed by atoms with Crippen LogP contribution in [0.2, 0.25) is 0 Å². The number of rotatable bonds is 3. The number of allylic oxidation sites excluding steroid dienone is 3. The van der Waals surface area contributed by atoms with Gasteiger partial charge in [0.2, 0.25) is 0 Å². The van der Waals surface area contributed by atoms with Crippen LogP contribution < -0.4 is 0 Å². The SMILES string of the molecule is C=C/C=C(\C=C/C)C(=O)N1CCCCC1. The maximum atomic E-state index is 12.0. The van der Waals surface area contributed by atoms with Crippen LogP contribution in [0.15, 0.2) is 36.5 Å². The lowest BCUT2D eigenvalue weighted by Crippen LogP contribution is -2.36. The Labute approximate surface area is 92.0 Å². The Hall–Kier alpha value is -1.31. The van der Waals surface area contributed by atoms with Crippen molar-refractivity contribution in [3.63, 3.8) is 0 Å². The van der Waals surface area contributed by atoms with Gasteiger partial charge in [0.25, 0.3) is 5.91 Å². The molecule has 1 fully saturated rings. The summed E-state index contributed by atoms with van der Waals surface area (Å²) in [6.07, 6.45) is 10.7. The molecule has 0 N–H and O–H groups in total. The molecule has 1 saturated heterocycles. The number of carbonyl (C=O) groups excluding carboxylic acids is 1. The van der Waals surface area contributed by atoms with Gasteiger partial charge in [-0.05, 0) is 26.2 Å². The Balaban J connectivity index is 2.70. The van der Waals surface area contributed by atoms with Crippen molar-refractivity contribution >= 4 is 5.91 Å². The molecule has 82 valence electrons. The summed E-state index contributed by atoms with van der Waals surface area (Å²) in [6.45, 7) is 7.33. The Kier molecular flexibility index (Phi) is 4.88. The molecule has 2 nitrogen and oxygen atoms in total. The van der Waals surface area contributed by atoms with Gasteiger partial charge in [0.1, 0.15) is 0 Å². The first-order valence-electron chi connectivity index (χ1n) is 5.54. The summed E-state index contributed by atoms with van der Waals surface area (Å²) < 4.78 is 0. The molecule has 0 aliphatic carbocycles. The number of hydrogen-bond acceptors (Lipinski definition) is 1. The highest BCUT2D eigenvalue weighted by molar-refractivity contribution is 5.96. The smallest absolute Gasteiger partial charge is 0.253 e. The van der Waals surface area contributed by atoms with Crippen molar-refractivity contribution in [1.29, 1.82) is 0 Å². The molecule has 0 bridgehead atoms.